The van der Waals surface area contributed by atoms with E-state index in [0.29, 0.717) is 56.1 Å². The van der Waals surface area contributed by atoms with Crippen LogP contribution in [0.2, 0.25) is 5.02 Å². The fraction of sp³-hybridized carbons (Fsp3) is 0.500. The molecule has 226 valence electrons. The van der Waals surface area contributed by atoms with E-state index in [2.05, 4.69) is 15.7 Å². The normalized spacial score (nSPS) is 19.7. The summed E-state index contributed by atoms with van der Waals surface area (Å²) in [5.41, 5.74) is 0.778. The molecular formula is C28H33ClF3N7O3. The van der Waals surface area contributed by atoms with Crippen LogP contribution < -0.4 is 21.1 Å². The Balaban J connectivity index is 1.57. The fourth-order valence-corrected chi connectivity index (χ4v) is 5.78. The molecule has 1 amide bonds. The van der Waals surface area contributed by atoms with E-state index in [1.807, 2.05) is 24.8 Å². The second-order valence-corrected chi connectivity index (χ2v) is 11.0. The summed E-state index contributed by atoms with van der Waals surface area (Å²) >= 11 is 6.09. The summed E-state index contributed by atoms with van der Waals surface area (Å²) in [5.74, 6) is 0.0811. The smallest absolute Gasteiger partial charge is 0.381 e. The molecule has 2 atom stereocenters. The topological polar surface area (TPSA) is 106 Å². The first-order valence-corrected chi connectivity index (χ1v) is 14.3. The number of hydrogen-bond acceptors (Lipinski definition) is 7. The van der Waals surface area contributed by atoms with Crippen molar-refractivity contribution in [2.45, 2.75) is 64.4 Å². The number of nitrogens with one attached hydrogen (secondary N) is 2. The quantitative estimate of drug-likeness (QED) is 0.416. The van der Waals surface area contributed by atoms with E-state index >= 15 is 0 Å². The number of benzene rings is 1. The molecule has 14 heteroatoms. The van der Waals surface area contributed by atoms with E-state index in [0.717, 1.165) is 30.2 Å². The Morgan fingerprint density at radius 2 is 2.10 bits per heavy atom. The first-order chi connectivity index (χ1) is 20.0. The minimum Gasteiger partial charge on any atom is -0.381 e. The predicted octanol–water partition coefficient (Wildman–Crippen LogP) is 4.14. The summed E-state index contributed by atoms with van der Waals surface area (Å²) in [7, 11) is 1.67. The van der Waals surface area contributed by atoms with Gasteiger partial charge in [0.05, 0.1) is 28.1 Å². The molecule has 1 fully saturated rings. The molecule has 1 saturated heterocycles. The molecule has 2 N–H and O–H groups in total. The van der Waals surface area contributed by atoms with Gasteiger partial charge in [0.1, 0.15) is 12.2 Å². The van der Waals surface area contributed by atoms with Crippen LogP contribution in [0.5, 0.6) is 0 Å². The summed E-state index contributed by atoms with van der Waals surface area (Å²) in [6.45, 7) is 5.54. The number of rotatable bonds is 7. The maximum absolute atomic E-state index is 13.9. The highest BCUT2D eigenvalue weighted by Crippen LogP contribution is 2.34. The molecule has 0 radical (unpaired) electrons. The largest absolute Gasteiger partial charge is 0.416 e. The lowest BCUT2D eigenvalue weighted by Crippen LogP contribution is -2.51. The summed E-state index contributed by atoms with van der Waals surface area (Å²) in [4.78, 5) is 34.0. The molecule has 0 saturated carbocycles. The molecule has 3 heterocycles. The van der Waals surface area contributed by atoms with Gasteiger partial charge in [-0.15, -0.1) is 5.10 Å². The summed E-state index contributed by atoms with van der Waals surface area (Å²) in [5, 5.41) is 10.3. The molecule has 1 unspecified atom stereocenters. The maximum atomic E-state index is 13.9. The van der Waals surface area contributed by atoms with Gasteiger partial charge in [-0.05, 0) is 56.4 Å². The zero-order valence-electron chi connectivity index (χ0n) is 23.6. The number of ether oxygens (including phenoxy) is 1. The van der Waals surface area contributed by atoms with Crippen molar-refractivity contribution < 1.29 is 22.7 Å². The van der Waals surface area contributed by atoms with Crippen LogP contribution in [0.25, 0.3) is 11.4 Å². The van der Waals surface area contributed by atoms with Gasteiger partial charge in [-0.2, -0.15) is 22.7 Å². The van der Waals surface area contributed by atoms with Crippen LogP contribution in [0.3, 0.4) is 0 Å². The molecule has 1 aromatic carbocycles. The standard InChI is InChI=1S/C28H33ClF3N7O3/c1-4-22-24(37-12-11-33-16(2)14-37)26(41)39-27(35-25(36-39)17-5-8-19(42-3)9-6-17)38(22)15-23(40)34-21-10-7-18(13-20(21)29)28(30,31)32/h5,7,10,13,16,19,33H,4,6,8-9,11-12,14-15H2,1-3H3,(H,34,40)/t16-,19?/m1/s1. The Kier molecular flexibility index (Phi) is 8.63. The molecule has 42 heavy (non-hydrogen) atoms. The van der Waals surface area contributed by atoms with Crippen molar-refractivity contribution in [1.82, 2.24) is 24.5 Å². The Morgan fingerprint density at radius 1 is 1.31 bits per heavy atom. The highest BCUT2D eigenvalue weighted by molar-refractivity contribution is 6.33. The third kappa shape index (κ3) is 6.04. The number of allylic oxidation sites excluding steroid dienone is 1. The second-order valence-electron chi connectivity index (χ2n) is 10.6. The number of fused-ring (bicyclic) bond motifs is 1. The Labute approximate surface area is 245 Å². The Hall–Kier alpha value is -3.42. The number of carbonyl (C=O) groups is 1. The van der Waals surface area contributed by atoms with E-state index < -0.39 is 17.6 Å². The van der Waals surface area contributed by atoms with Gasteiger partial charge in [0.25, 0.3) is 5.56 Å². The molecule has 0 spiro atoms. The number of piperazine rings is 1. The van der Waals surface area contributed by atoms with E-state index in [4.69, 9.17) is 21.3 Å². The molecule has 2 aliphatic rings. The maximum Gasteiger partial charge on any atom is 0.416 e. The minimum atomic E-state index is -4.56. The van der Waals surface area contributed by atoms with Crippen LogP contribution in [0.1, 0.15) is 50.2 Å². The van der Waals surface area contributed by atoms with E-state index in [-0.39, 0.29) is 40.7 Å². The second kappa shape index (κ2) is 12.1. The predicted molar refractivity (Wildman–Crippen MR) is 154 cm³/mol. The van der Waals surface area contributed by atoms with Gasteiger partial charge in [-0.3, -0.25) is 9.59 Å². The van der Waals surface area contributed by atoms with Crippen molar-refractivity contribution >= 4 is 40.2 Å². The number of carbonyl (C=O) groups excluding carboxylic acids is 1. The van der Waals surface area contributed by atoms with Crippen molar-refractivity contribution in [1.29, 1.82) is 0 Å². The van der Waals surface area contributed by atoms with Crippen LogP contribution in [0, 0.1) is 0 Å². The average molecular weight is 608 g/mol. The number of hydrogen-bond donors (Lipinski definition) is 2. The van der Waals surface area contributed by atoms with Crippen LogP contribution in [0.4, 0.5) is 24.5 Å². The van der Waals surface area contributed by atoms with Gasteiger partial charge in [0.2, 0.25) is 11.7 Å². The van der Waals surface area contributed by atoms with Crippen molar-refractivity contribution in [3.8, 4) is 0 Å². The number of amides is 1. The third-order valence-corrected chi connectivity index (χ3v) is 8.01. The lowest BCUT2D eigenvalue weighted by atomic mass is 9.97. The molecule has 0 bridgehead atoms. The van der Waals surface area contributed by atoms with Gasteiger partial charge >= 0.3 is 6.18 Å². The van der Waals surface area contributed by atoms with Crippen molar-refractivity contribution in [3.05, 3.63) is 56.7 Å². The van der Waals surface area contributed by atoms with Gasteiger partial charge < -0.3 is 24.8 Å². The van der Waals surface area contributed by atoms with Gasteiger partial charge in [-0.25, -0.2) is 0 Å². The Bertz CT molecular complexity index is 1580. The monoisotopic (exact) mass is 607 g/mol. The van der Waals surface area contributed by atoms with Gasteiger partial charge in [0.15, 0.2) is 5.82 Å². The first-order valence-electron chi connectivity index (χ1n) is 13.9. The van der Waals surface area contributed by atoms with Crippen LogP contribution in [-0.2, 0) is 28.7 Å². The van der Waals surface area contributed by atoms with Crippen LogP contribution in [0.15, 0.2) is 29.1 Å². The number of anilines is 2. The average Bonchev–Trinajstić information content (AvgIpc) is 3.41. The minimum absolute atomic E-state index is 0.0446. The molecule has 3 aromatic rings. The lowest BCUT2D eigenvalue weighted by Gasteiger charge is -2.34. The molecule has 10 nitrogen and oxygen atoms in total. The summed E-state index contributed by atoms with van der Waals surface area (Å²) in [6.07, 6.45) is 0.160. The number of nitrogens with zero attached hydrogens (tertiary/aromatic N) is 5. The lowest BCUT2D eigenvalue weighted by molar-refractivity contribution is -0.137. The van der Waals surface area contributed by atoms with Crippen molar-refractivity contribution in [3.63, 3.8) is 0 Å². The third-order valence-electron chi connectivity index (χ3n) is 7.70. The first kappa shape index (κ1) is 30.1. The summed E-state index contributed by atoms with van der Waals surface area (Å²) in [6, 6.07) is 2.89. The number of methoxy groups -OCH3 is 1. The van der Waals surface area contributed by atoms with Gasteiger partial charge in [0, 0.05) is 32.8 Å². The molecule has 1 aliphatic heterocycles. The molecule has 2 aromatic heterocycles. The highest BCUT2D eigenvalue weighted by Gasteiger charge is 2.31. The van der Waals surface area contributed by atoms with Crippen molar-refractivity contribution in [2.75, 3.05) is 37.0 Å². The van der Waals surface area contributed by atoms with E-state index in [9.17, 15) is 22.8 Å². The molecule has 1 aliphatic carbocycles. The van der Waals surface area contributed by atoms with Crippen LogP contribution >= 0.6 is 11.6 Å². The Morgan fingerprint density at radius 3 is 2.71 bits per heavy atom. The van der Waals surface area contributed by atoms with Crippen LogP contribution in [-0.4, -0.2) is 64.0 Å². The van der Waals surface area contributed by atoms with E-state index in [1.165, 1.54) is 4.52 Å². The number of aromatic nitrogens is 4. The zero-order chi connectivity index (χ0) is 30.2. The van der Waals surface area contributed by atoms with Crippen molar-refractivity contribution in [2.24, 2.45) is 0 Å². The fourth-order valence-electron chi connectivity index (χ4n) is 5.55. The molecular weight excluding hydrogens is 575 g/mol. The van der Waals surface area contributed by atoms with E-state index in [1.54, 1.807) is 11.7 Å². The molecule has 5 rings (SSSR count). The number of halogens is 4. The SMILES string of the molecule is CCc1c(N2CCN[C@H](C)C2)c(=O)n2nc(C3=CCC(OC)CC3)nc2n1CC(=O)Nc1ccc(C(F)(F)F)cc1Cl. The number of alkyl halides is 3. The highest BCUT2D eigenvalue weighted by atomic mass is 35.5. The summed E-state index contributed by atoms with van der Waals surface area (Å²) < 4.78 is 47.6. The van der Waals surface area contributed by atoms with Gasteiger partial charge in [-0.1, -0.05) is 24.6 Å². The zero-order valence-corrected chi connectivity index (χ0v) is 24.3.